The number of halogens is 1. The van der Waals surface area contributed by atoms with E-state index in [0.717, 1.165) is 5.56 Å². The van der Waals surface area contributed by atoms with Crippen LogP contribution in [-0.4, -0.2) is 38.6 Å². The van der Waals surface area contributed by atoms with Crippen LogP contribution in [0.25, 0.3) is 0 Å². The second kappa shape index (κ2) is 9.91. The Bertz CT molecular complexity index is 862. The van der Waals surface area contributed by atoms with Gasteiger partial charge < -0.3 is 15.2 Å². The molecule has 0 heterocycles. The number of ether oxygens (including phenoxy) is 1. The molecule has 0 aliphatic heterocycles. The Labute approximate surface area is 171 Å². The summed E-state index contributed by atoms with van der Waals surface area (Å²) in [4.78, 5) is 24.7. The standard InChI is InChI=1S/C22H28FNO4Si/c1-28-14-15-5-8-17(9-6-15)22(24-21(27)13-25)19(26)12-16-7-10-20(18(23)11-16)29(2,3)4/h5-11,22,25H,12-14H2,1-4H3,(H,24,27)/t22-/m1/s1. The average molecular weight is 418 g/mol. The van der Waals surface area contributed by atoms with Crippen molar-refractivity contribution in [1.29, 1.82) is 0 Å². The van der Waals surface area contributed by atoms with E-state index in [1.54, 1.807) is 31.4 Å². The van der Waals surface area contributed by atoms with Crippen LogP contribution in [0.2, 0.25) is 19.6 Å². The molecule has 0 radical (unpaired) electrons. The van der Waals surface area contributed by atoms with Gasteiger partial charge in [-0.25, -0.2) is 4.39 Å². The van der Waals surface area contributed by atoms with Crippen LogP contribution < -0.4 is 10.5 Å². The summed E-state index contributed by atoms with van der Waals surface area (Å²) in [6.45, 7) is 5.90. The van der Waals surface area contributed by atoms with Gasteiger partial charge in [-0.3, -0.25) is 9.59 Å². The van der Waals surface area contributed by atoms with Gasteiger partial charge in [0.1, 0.15) is 18.5 Å². The highest BCUT2D eigenvalue weighted by molar-refractivity contribution is 6.88. The number of ketones is 1. The van der Waals surface area contributed by atoms with Gasteiger partial charge in [-0.1, -0.05) is 56.0 Å². The number of methoxy groups -OCH3 is 1. The van der Waals surface area contributed by atoms with Crippen LogP contribution in [0.1, 0.15) is 22.7 Å². The molecular formula is C22H28FNO4Si. The number of hydrogen-bond donors (Lipinski definition) is 2. The summed E-state index contributed by atoms with van der Waals surface area (Å²) in [5.41, 5.74) is 2.07. The quantitative estimate of drug-likeness (QED) is 0.615. The molecule has 5 nitrogen and oxygen atoms in total. The third-order valence-corrected chi connectivity index (χ3v) is 6.64. The molecule has 156 valence electrons. The lowest BCUT2D eigenvalue weighted by molar-refractivity contribution is -0.129. The molecule has 0 spiro atoms. The molecule has 0 aliphatic rings. The van der Waals surface area contributed by atoms with Crippen molar-refractivity contribution in [2.45, 2.75) is 38.7 Å². The molecule has 2 rings (SSSR count). The molecule has 0 saturated heterocycles. The molecule has 1 amide bonds. The van der Waals surface area contributed by atoms with E-state index in [2.05, 4.69) is 25.0 Å². The highest BCUT2D eigenvalue weighted by atomic mass is 28.3. The first-order valence-electron chi connectivity index (χ1n) is 9.45. The van der Waals surface area contributed by atoms with Crippen molar-refractivity contribution < 1.29 is 23.8 Å². The Kier molecular flexibility index (Phi) is 7.84. The first-order valence-corrected chi connectivity index (χ1v) is 13.0. The molecule has 0 unspecified atom stereocenters. The maximum Gasteiger partial charge on any atom is 0.246 e. The second-order valence-electron chi connectivity index (χ2n) is 8.04. The molecular weight excluding hydrogens is 389 g/mol. The lowest BCUT2D eigenvalue weighted by Gasteiger charge is -2.20. The Morgan fingerprint density at radius 1 is 1.10 bits per heavy atom. The van der Waals surface area contributed by atoms with Gasteiger partial charge in [-0.2, -0.15) is 0 Å². The minimum absolute atomic E-state index is 0.0287. The number of amides is 1. The van der Waals surface area contributed by atoms with Crippen LogP contribution in [-0.2, 0) is 27.4 Å². The highest BCUT2D eigenvalue weighted by Gasteiger charge is 2.24. The van der Waals surface area contributed by atoms with Gasteiger partial charge >= 0.3 is 0 Å². The number of carbonyl (C=O) groups is 2. The predicted octanol–water partition coefficient (Wildman–Crippen LogP) is 2.48. The SMILES string of the molecule is COCc1ccc([C@@H](NC(=O)CO)C(=O)Cc2ccc([Si](C)(C)C)c(F)c2)cc1. The summed E-state index contributed by atoms with van der Waals surface area (Å²) in [5.74, 6) is -1.23. The normalized spacial score (nSPS) is 12.5. The van der Waals surface area contributed by atoms with Crippen molar-refractivity contribution in [2.24, 2.45) is 0 Å². The molecule has 2 aromatic carbocycles. The number of nitrogens with one attached hydrogen (secondary N) is 1. The minimum Gasteiger partial charge on any atom is -0.387 e. The van der Waals surface area contributed by atoms with Crippen molar-refractivity contribution in [3.63, 3.8) is 0 Å². The molecule has 1 atom stereocenters. The lowest BCUT2D eigenvalue weighted by atomic mass is 9.96. The summed E-state index contributed by atoms with van der Waals surface area (Å²) < 4.78 is 19.6. The van der Waals surface area contributed by atoms with Gasteiger partial charge in [0, 0.05) is 13.5 Å². The van der Waals surface area contributed by atoms with E-state index in [4.69, 9.17) is 9.84 Å². The number of hydrogen-bond acceptors (Lipinski definition) is 4. The van der Waals surface area contributed by atoms with Crippen molar-refractivity contribution in [2.75, 3.05) is 13.7 Å². The van der Waals surface area contributed by atoms with Gasteiger partial charge in [-0.05, 0) is 27.9 Å². The van der Waals surface area contributed by atoms with Crippen LogP contribution >= 0.6 is 0 Å². The van der Waals surface area contributed by atoms with E-state index in [0.29, 0.717) is 22.9 Å². The summed E-state index contributed by atoms with van der Waals surface area (Å²) in [7, 11) is -0.218. The third kappa shape index (κ3) is 6.32. The zero-order valence-electron chi connectivity index (χ0n) is 17.3. The Morgan fingerprint density at radius 2 is 1.72 bits per heavy atom. The number of rotatable bonds is 9. The molecule has 0 bridgehead atoms. The van der Waals surface area contributed by atoms with E-state index in [1.165, 1.54) is 6.07 Å². The smallest absolute Gasteiger partial charge is 0.246 e. The van der Waals surface area contributed by atoms with Crippen LogP contribution in [0.5, 0.6) is 0 Å². The fourth-order valence-corrected chi connectivity index (χ4v) is 4.48. The van der Waals surface area contributed by atoms with Gasteiger partial charge in [0.05, 0.1) is 14.7 Å². The summed E-state index contributed by atoms with van der Waals surface area (Å²) in [6, 6.07) is 11.1. The maximum atomic E-state index is 14.5. The van der Waals surface area contributed by atoms with Crippen molar-refractivity contribution in [3.05, 3.63) is 65.0 Å². The van der Waals surface area contributed by atoms with Gasteiger partial charge in [0.25, 0.3) is 0 Å². The highest BCUT2D eigenvalue weighted by Crippen LogP contribution is 2.19. The van der Waals surface area contributed by atoms with Crippen LogP contribution in [0, 0.1) is 5.82 Å². The van der Waals surface area contributed by atoms with E-state index < -0.39 is 26.6 Å². The van der Waals surface area contributed by atoms with Crippen molar-refractivity contribution in [1.82, 2.24) is 5.32 Å². The number of aliphatic hydroxyl groups is 1. The minimum atomic E-state index is -1.81. The average Bonchev–Trinajstić information content (AvgIpc) is 2.66. The molecule has 0 fully saturated rings. The number of aliphatic hydroxyl groups excluding tert-OH is 1. The molecule has 2 N–H and O–H groups in total. The van der Waals surface area contributed by atoms with Gasteiger partial charge in [-0.15, -0.1) is 0 Å². The van der Waals surface area contributed by atoms with Crippen LogP contribution in [0.4, 0.5) is 4.39 Å². The Balaban J connectivity index is 2.25. The monoisotopic (exact) mass is 417 g/mol. The van der Waals surface area contributed by atoms with E-state index in [1.807, 2.05) is 12.1 Å². The zero-order chi connectivity index (χ0) is 21.6. The number of benzene rings is 2. The largest absolute Gasteiger partial charge is 0.387 e. The number of carbonyl (C=O) groups excluding carboxylic acids is 2. The molecule has 0 aliphatic carbocycles. The molecule has 29 heavy (non-hydrogen) atoms. The predicted molar refractivity (Wildman–Crippen MR) is 113 cm³/mol. The van der Waals surface area contributed by atoms with E-state index >= 15 is 0 Å². The summed E-state index contributed by atoms with van der Waals surface area (Å²) in [6.07, 6.45) is -0.0287. The van der Waals surface area contributed by atoms with Crippen LogP contribution in [0.15, 0.2) is 42.5 Å². The summed E-state index contributed by atoms with van der Waals surface area (Å²) >= 11 is 0. The Hall–Kier alpha value is -2.35. The Morgan fingerprint density at radius 3 is 2.24 bits per heavy atom. The zero-order valence-corrected chi connectivity index (χ0v) is 18.3. The third-order valence-electron chi connectivity index (χ3n) is 4.61. The molecule has 0 saturated carbocycles. The van der Waals surface area contributed by atoms with Crippen molar-refractivity contribution in [3.8, 4) is 0 Å². The van der Waals surface area contributed by atoms with Gasteiger partial charge in [0.15, 0.2) is 5.78 Å². The van der Waals surface area contributed by atoms with Gasteiger partial charge in [0.2, 0.25) is 5.91 Å². The lowest BCUT2D eigenvalue weighted by Crippen LogP contribution is -2.40. The summed E-state index contributed by atoms with van der Waals surface area (Å²) in [5, 5.41) is 12.3. The van der Waals surface area contributed by atoms with Crippen LogP contribution in [0.3, 0.4) is 0 Å². The number of Topliss-reactive ketones (excluding diaryl/α,β-unsaturated/α-hetero) is 1. The fraction of sp³-hybridized carbons (Fsp3) is 0.364. The van der Waals surface area contributed by atoms with Crippen molar-refractivity contribution >= 4 is 25.0 Å². The topological polar surface area (TPSA) is 75.6 Å². The first kappa shape index (κ1) is 22.9. The molecule has 2 aromatic rings. The first-order chi connectivity index (χ1) is 13.7. The van der Waals surface area contributed by atoms with E-state index in [9.17, 15) is 14.0 Å². The fourth-order valence-electron chi connectivity index (χ4n) is 3.11. The molecule has 7 heteroatoms. The molecule has 0 aromatic heterocycles. The maximum absolute atomic E-state index is 14.5. The van der Waals surface area contributed by atoms with E-state index in [-0.39, 0.29) is 18.0 Å². The second-order valence-corrected chi connectivity index (χ2v) is 13.1.